The van der Waals surface area contributed by atoms with Crippen molar-refractivity contribution in [3.05, 3.63) is 35.9 Å². The Hall–Kier alpha value is -3.02. The van der Waals surface area contributed by atoms with Crippen LogP contribution in [0.1, 0.15) is 30.0 Å². The number of alkyl halides is 2. The Kier molecular flexibility index (Phi) is 8.07. The number of nitrogens with one attached hydrogen (secondary N) is 2. The molecule has 0 aliphatic carbocycles. The number of aromatic amines is 1. The highest BCUT2D eigenvalue weighted by atomic mass is 32.1. The molecule has 0 aliphatic rings. The number of halogens is 2. The highest BCUT2D eigenvalue weighted by Crippen LogP contribution is 2.23. The molecule has 1 amide bonds. The molecule has 29 heavy (non-hydrogen) atoms. The molecule has 2 N–H and O–H groups in total. The van der Waals surface area contributed by atoms with Crippen LogP contribution in [0.2, 0.25) is 0 Å². The second-order valence-electron chi connectivity index (χ2n) is 5.62. The number of anilines is 1. The van der Waals surface area contributed by atoms with Gasteiger partial charge in [0.2, 0.25) is 0 Å². The van der Waals surface area contributed by atoms with E-state index in [1.165, 1.54) is 17.3 Å². The van der Waals surface area contributed by atoms with Gasteiger partial charge in [0.15, 0.2) is 5.11 Å². The Balaban J connectivity index is 2.30. The smallest absolute Gasteiger partial charge is 0.413 e. The number of rotatable bonds is 8. The van der Waals surface area contributed by atoms with Crippen LogP contribution < -0.4 is 10.2 Å². The molecule has 158 valence electrons. The molecule has 0 bridgehead atoms. The highest BCUT2D eigenvalue weighted by Gasteiger charge is 2.24. The lowest BCUT2D eigenvalue weighted by molar-refractivity contribution is 0.0521. The molecule has 0 atom stereocenters. The van der Waals surface area contributed by atoms with Crippen molar-refractivity contribution in [3.8, 4) is 0 Å². The minimum atomic E-state index is -2.55. The molecule has 0 unspecified atom stereocenters. The summed E-state index contributed by atoms with van der Waals surface area (Å²) in [6.45, 7) is 3.07. The maximum atomic E-state index is 12.6. The molecule has 2 rings (SSSR count). The highest BCUT2D eigenvalue weighted by molar-refractivity contribution is 7.80. The Morgan fingerprint density at radius 3 is 2.69 bits per heavy atom. The Labute approximate surface area is 171 Å². The number of hydrogen-bond acceptors (Lipinski definition) is 6. The van der Waals surface area contributed by atoms with Crippen LogP contribution in [0.25, 0.3) is 0 Å². The van der Waals surface area contributed by atoms with E-state index in [-0.39, 0.29) is 30.6 Å². The van der Waals surface area contributed by atoms with Gasteiger partial charge in [0.25, 0.3) is 6.43 Å². The molecule has 0 saturated heterocycles. The van der Waals surface area contributed by atoms with E-state index in [0.717, 1.165) is 4.68 Å². The zero-order valence-corrected chi connectivity index (χ0v) is 16.7. The number of thiocarbonyl (C=S) groups is 1. The van der Waals surface area contributed by atoms with E-state index in [4.69, 9.17) is 21.7 Å². The topological polar surface area (TPSA) is 101 Å². The summed E-state index contributed by atoms with van der Waals surface area (Å²) in [6.07, 6.45) is -0.397. The van der Waals surface area contributed by atoms with Crippen molar-refractivity contribution in [2.75, 3.05) is 18.1 Å². The number of H-pyrrole nitrogens is 1. The summed E-state index contributed by atoms with van der Waals surface area (Å²) in [5.74, 6) is -0.611. The largest absolute Gasteiger partial charge is 0.461 e. The van der Waals surface area contributed by atoms with Crippen molar-refractivity contribution in [2.24, 2.45) is 0 Å². The monoisotopic (exact) mass is 429 g/mol. The first kappa shape index (κ1) is 22.3. The molecule has 2 aromatic heterocycles. The van der Waals surface area contributed by atoms with Crippen LogP contribution in [-0.4, -0.2) is 51.6 Å². The quantitative estimate of drug-likeness (QED) is 0.491. The number of alkyl carbamates (subject to hydrolysis) is 1. The molecule has 0 fully saturated rings. The Bertz CT molecular complexity index is 855. The van der Waals surface area contributed by atoms with Gasteiger partial charge in [-0.1, -0.05) is 0 Å². The number of aromatic nitrogens is 3. The number of esters is 1. The van der Waals surface area contributed by atoms with Gasteiger partial charge in [0.05, 0.1) is 31.1 Å². The third-order valence-corrected chi connectivity index (χ3v) is 3.89. The van der Waals surface area contributed by atoms with Crippen molar-refractivity contribution >= 4 is 35.1 Å². The SMILES string of the molecule is CCOC(=O)NC(=S)N(Cc1ccn(CC(F)F)n1)c1cc[nH]c1C(=O)OCC. The summed E-state index contributed by atoms with van der Waals surface area (Å²) in [6, 6.07) is 3.11. The van der Waals surface area contributed by atoms with Gasteiger partial charge >= 0.3 is 12.1 Å². The predicted molar refractivity (Wildman–Crippen MR) is 104 cm³/mol. The number of carbonyl (C=O) groups is 2. The van der Waals surface area contributed by atoms with Crippen molar-refractivity contribution in [2.45, 2.75) is 33.4 Å². The average Bonchev–Trinajstić information content (AvgIpc) is 3.28. The minimum absolute atomic E-state index is 0.00569. The van der Waals surface area contributed by atoms with Crippen molar-refractivity contribution in [1.29, 1.82) is 0 Å². The van der Waals surface area contributed by atoms with Crippen LogP contribution in [0.15, 0.2) is 24.5 Å². The minimum Gasteiger partial charge on any atom is -0.461 e. The maximum Gasteiger partial charge on any atom is 0.413 e. The van der Waals surface area contributed by atoms with Gasteiger partial charge in [-0.15, -0.1) is 0 Å². The second-order valence-corrected chi connectivity index (χ2v) is 6.00. The fraction of sp³-hybridized carbons (Fsp3) is 0.412. The third kappa shape index (κ3) is 6.24. The van der Waals surface area contributed by atoms with Crippen LogP contribution in [0.5, 0.6) is 0 Å². The summed E-state index contributed by atoms with van der Waals surface area (Å²) in [7, 11) is 0. The number of hydrogen-bond donors (Lipinski definition) is 2. The van der Waals surface area contributed by atoms with E-state index in [1.54, 1.807) is 26.0 Å². The maximum absolute atomic E-state index is 12.6. The molecule has 12 heteroatoms. The lowest BCUT2D eigenvalue weighted by Gasteiger charge is -2.24. The standard InChI is InChI=1S/C17H21F2N5O4S/c1-3-27-15(25)14-12(5-7-20-14)24(16(29)21-17(26)28-4-2)9-11-6-8-23(22-11)10-13(18)19/h5-8,13,20H,3-4,9-10H2,1-2H3,(H,21,26,29). The van der Waals surface area contributed by atoms with Gasteiger partial charge < -0.3 is 19.4 Å². The molecule has 0 saturated carbocycles. The Morgan fingerprint density at radius 1 is 1.31 bits per heavy atom. The summed E-state index contributed by atoms with van der Waals surface area (Å²) < 4.78 is 36.1. The van der Waals surface area contributed by atoms with E-state index in [0.29, 0.717) is 11.4 Å². The summed E-state index contributed by atoms with van der Waals surface area (Å²) in [5, 5.41) is 6.42. The van der Waals surface area contributed by atoms with Gasteiger partial charge in [-0.3, -0.25) is 10.00 Å². The second kappa shape index (κ2) is 10.5. The number of amides is 1. The third-order valence-electron chi connectivity index (χ3n) is 3.57. The fourth-order valence-electron chi connectivity index (χ4n) is 2.43. The van der Waals surface area contributed by atoms with E-state index in [9.17, 15) is 18.4 Å². The van der Waals surface area contributed by atoms with Crippen molar-refractivity contribution in [3.63, 3.8) is 0 Å². The van der Waals surface area contributed by atoms with E-state index in [2.05, 4.69) is 15.4 Å². The Morgan fingerprint density at radius 2 is 2.03 bits per heavy atom. The van der Waals surface area contributed by atoms with Crippen molar-refractivity contribution in [1.82, 2.24) is 20.1 Å². The summed E-state index contributed by atoms with van der Waals surface area (Å²) in [5.41, 5.74) is 0.843. The summed E-state index contributed by atoms with van der Waals surface area (Å²) >= 11 is 5.29. The first-order valence-corrected chi connectivity index (χ1v) is 9.16. The van der Waals surface area contributed by atoms with Crippen LogP contribution in [0.3, 0.4) is 0 Å². The van der Waals surface area contributed by atoms with Gasteiger partial charge in [-0.25, -0.2) is 18.4 Å². The van der Waals surface area contributed by atoms with Gasteiger partial charge in [-0.2, -0.15) is 5.10 Å². The molecule has 0 aromatic carbocycles. The zero-order valence-electron chi connectivity index (χ0n) is 15.9. The number of nitrogens with zero attached hydrogens (tertiary/aromatic N) is 3. The summed E-state index contributed by atoms with van der Waals surface area (Å²) in [4.78, 5) is 28.2. The van der Waals surface area contributed by atoms with E-state index < -0.39 is 25.0 Å². The van der Waals surface area contributed by atoms with Crippen LogP contribution >= 0.6 is 12.2 Å². The van der Waals surface area contributed by atoms with Gasteiger partial charge in [-0.05, 0) is 38.2 Å². The molecular formula is C17H21F2N5O4S. The molecule has 2 aromatic rings. The van der Waals surface area contributed by atoms with Crippen LogP contribution in [-0.2, 0) is 22.6 Å². The van der Waals surface area contributed by atoms with Crippen LogP contribution in [0.4, 0.5) is 19.3 Å². The lowest BCUT2D eigenvalue weighted by atomic mass is 10.3. The molecule has 0 radical (unpaired) electrons. The zero-order chi connectivity index (χ0) is 21.4. The first-order valence-electron chi connectivity index (χ1n) is 8.75. The van der Waals surface area contributed by atoms with Gasteiger partial charge in [0, 0.05) is 12.4 Å². The first-order chi connectivity index (χ1) is 13.8. The normalized spacial score (nSPS) is 10.7. The number of carbonyl (C=O) groups excluding carboxylic acids is 2. The van der Waals surface area contributed by atoms with E-state index >= 15 is 0 Å². The number of ether oxygens (including phenoxy) is 2. The molecule has 9 nitrogen and oxygen atoms in total. The molecular weight excluding hydrogens is 408 g/mol. The fourth-order valence-corrected chi connectivity index (χ4v) is 2.68. The lowest BCUT2D eigenvalue weighted by Crippen LogP contribution is -2.43. The van der Waals surface area contributed by atoms with Crippen LogP contribution in [0, 0.1) is 0 Å². The van der Waals surface area contributed by atoms with E-state index in [1.807, 2.05) is 0 Å². The molecule has 2 heterocycles. The molecule has 0 aliphatic heterocycles. The molecule has 0 spiro atoms. The van der Waals surface area contributed by atoms with Crippen molar-refractivity contribution < 1.29 is 27.8 Å². The average molecular weight is 429 g/mol. The predicted octanol–water partition coefficient (Wildman–Crippen LogP) is 2.69. The van der Waals surface area contributed by atoms with Gasteiger partial charge in [0.1, 0.15) is 12.2 Å².